The van der Waals surface area contributed by atoms with Crippen molar-refractivity contribution in [3.63, 3.8) is 0 Å². The van der Waals surface area contributed by atoms with Gasteiger partial charge in [0.05, 0.1) is 0 Å². The van der Waals surface area contributed by atoms with Crippen molar-refractivity contribution in [2.24, 2.45) is 0 Å². The average Bonchev–Trinajstić information content (AvgIpc) is 2.32. The van der Waals surface area contributed by atoms with E-state index in [1.165, 1.54) is 5.19 Å². The second-order valence-electron chi connectivity index (χ2n) is 8.73. The van der Waals surface area contributed by atoms with Gasteiger partial charge >= 0.3 is 8.80 Å². The Hall–Kier alpha value is -0.292. The van der Waals surface area contributed by atoms with Crippen molar-refractivity contribution in [2.75, 3.05) is 0 Å². The Balaban J connectivity index is 3.11. The molecule has 0 aliphatic carbocycles. The molecule has 0 saturated carbocycles. The van der Waals surface area contributed by atoms with E-state index in [-0.39, 0.29) is 0 Å². The number of benzene rings is 1. The van der Waals surface area contributed by atoms with E-state index < -0.39 is 33.8 Å². The fraction of sp³-hybridized carbons (Fsp3) is 0.529. The van der Waals surface area contributed by atoms with Crippen LogP contribution in [0.25, 0.3) is 6.08 Å². The summed E-state index contributed by atoms with van der Waals surface area (Å²) in [7, 11) is -8.35. The minimum Gasteiger partial charge on any atom is -0.417 e. The summed E-state index contributed by atoms with van der Waals surface area (Å²) in [6, 6.07) is 8.50. The monoisotopic (exact) mass is 398 g/mol. The van der Waals surface area contributed by atoms with Crippen molar-refractivity contribution in [1.82, 2.24) is 0 Å². The van der Waals surface area contributed by atoms with E-state index in [1.54, 1.807) is 0 Å². The maximum absolute atomic E-state index is 6.71. The second-order valence-corrected chi connectivity index (χ2v) is 25.0. The fourth-order valence-corrected chi connectivity index (χ4v) is 18.4. The summed E-state index contributed by atoms with van der Waals surface area (Å²) in [5.41, 5.74) is 1.13. The Morgan fingerprint density at radius 1 is 0.708 bits per heavy atom. The lowest BCUT2D eigenvalue weighted by Crippen LogP contribution is -2.62. The normalized spacial score (nSPS) is 13.9. The highest BCUT2D eigenvalue weighted by Crippen LogP contribution is 2.25. The summed E-state index contributed by atoms with van der Waals surface area (Å²) >= 11 is 0. The van der Waals surface area contributed by atoms with Gasteiger partial charge in [-0.15, -0.1) is 0 Å². The van der Waals surface area contributed by atoms with Crippen LogP contribution in [0.4, 0.5) is 0 Å². The average molecular weight is 399 g/mol. The van der Waals surface area contributed by atoms with Gasteiger partial charge in [0.15, 0.2) is 16.6 Å². The predicted octanol–water partition coefficient (Wildman–Crippen LogP) is 5.03. The van der Waals surface area contributed by atoms with Crippen LogP contribution in [0.3, 0.4) is 0 Å². The molecule has 0 saturated heterocycles. The van der Waals surface area contributed by atoms with Gasteiger partial charge in [0.2, 0.25) is 8.32 Å². The lowest BCUT2D eigenvalue weighted by atomic mass is 10.2. The molecule has 3 nitrogen and oxygen atoms in total. The van der Waals surface area contributed by atoms with E-state index in [0.29, 0.717) is 0 Å². The van der Waals surface area contributed by atoms with Crippen LogP contribution < -0.4 is 5.19 Å². The van der Waals surface area contributed by atoms with Crippen molar-refractivity contribution < 1.29 is 12.3 Å². The van der Waals surface area contributed by atoms with Gasteiger partial charge in [0.1, 0.15) is 0 Å². The van der Waals surface area contributed by atoms with E-state index in [1.807, 2.05) is 6.08 Å². The van der Waals surface area contributed by atoms with Crippen LogP contribution in [0.5, 0.6) is 0 Å². The molecule has 0 aromatic heterocycles. The molecule has 24 heavy (non-hydrogen) atoms. The van der Waals surface area contributed by atoms with Crippen molar-refractivity contribution in [3.8, 4) is 0 Å². The van der Waals surface area contributed by atoms with Crippen LogP contribution in [-0.4, -0.2) is 33.8 Å². The first kappa shape index (κ1) is 21.7. The first-order chi connectivity index (χ1) is 10.7. The molecule has 0 aliphatic rings. The molecule has 7 heteroatoms. The maximum atomic E-state index is 6.71. The molecule has 1 rings (SSSR count). The largest absolute Gasteiger partial charge is 0.466 e. The van der Waals surface area contributed by atoms with Crippen molar-refractivity contribution in [3.05, 3.63) is 36.4 Å². The second kappa shape index (κ2) is 7.53. The highest BCUT2D eigenvalue weighted by Gasteiger charge is 2.47. The minimum absolute atomic E-state index is 1.13. The highest BCUT2D eigenvalue weighted by molar-refractivity contribution is 6.94. The molecule has 1 aromatic carbocycles. The molecular weight excluding hydrogens is 365 g/mol. The summed E-state index contributed by atoms with van der Waals surface area (Å²) in [4.78, 5) is 0. The van der Waals surface area contributed by atoms with Gasteiger partial charge in [0.25, 0.3) is 0 Å². The molecule has 1 aromatic rings. The molecular formula is C17H34O3Si4. The zero-order valence-corrected chi connectivity index (χ0v) is 20.8. The molecule has 0 aliphatic heterocycles. The van der Waals surface area contributed by atoms with Crippen LogP contribution in [0, 0.1) is 0 Å². The van der Waals surface area contributed by atoms with Gasteiger partial charge in [-0.05, 0) is 63.1 Å². The van der Waals surface area contributed by atoms with Crippen molar-refractivity contribution in [2.45, 2.75) is 58.9 Å². The third-order valence-electron chi connectivity index (χ3n) is 3.27. The zero-order chi connectivity index (χ0) is 18.8. The van der Waals surface area contributed by atoms with E-state index in [9.17, 15) is 0 Å². The quantitative estimate of drug-likeness (QED) is 0.575. The van der Waals surface area contributed by atoms with Gasteiger partial charge in [0, 0.05) is 6.55 Å². The van der Waals surface area contributed by atoms with E-state index in [4.69, 9.17) is 12.3 Å². The molecule has 0 radical (unpaired) electrons. The van der Waals surface area contributed by atoms with Crippen LogP contribution in [-0.2, 0) is 12.3 Å². The molecule has 0 unspecified atom stereocenters. The molecule has 0 bridgehead atoms. The molecule has 0 spiro atoms. The predicted molar refractivity (Wildman–Crippen MR) is 115 cm³/mol. The van der Waals surface area contributed by atoms with Crippen LogP contribution in [0.2, 0.25) is 58.9 Å². The molecule has 0 atom stereocenters. The van der Waals surface area contributed by atoms with E-state index in [2.05, 4.69) is 89.8 Å². The van der Waals surface area contributed by atoms with Crippen LogP contribution >= 0.6 is 0 Å². The highest BCUT2D eigenvalue weighted by atomic mass is 28.5. The Bertz CT molecular complexity index is 541. The zero-order valence-electron chi connectivity index (χ0n) is 16.8. The molecule has 0 N–H and O–H groups in total. The third-order valence-corrected chi connectivity index (χ3v) is 16.4. The number of rotatable bonds is 8. The fourth-order valence-electron chi connectivity index (χ4n) is 2.72. The number of hydrogen-bond donors (Lipinski definition) is 0. The Labute approximate surface area is 152 Å². The molecule has 136 valence electrons. The summed E-state index contributed by atoms with van der Waals surface area (Å²) in [6.07, 6.45) is 1.86. The first-order valence-electron chi connectivity index (χ1n) is 8.49. The Kier molecular flexibility index (Phi) is 6.82. The number of hydrogen-bond acceptors (Lipinski definition) is 3. The smallest absolute Gasteiger partial charge is 0.417 e. The Morgan fingerprint density at radius 2 is 1.12 bits per heavy atom. The van der Waals surface area contributed by atoms with Gasteiger partial charge in [-0.2, -0.15) is 0 Å². The van der Waals surface area contributed by atoms with Gasteiger partial charge < -0.3 is 12.3 Å². The SMILES string of the molecule is C=Cc1ccc([Si](C)(C)O[Si](C)(O[Si](C)(C)C)O[Si](C)(C)C)cc1. The standard InChI is InChI=1S/C17H34O3Si4/c1-11-16-12-14-17(15-13-16)23(8,9)20-24(10,18-21(2,3)4)19-22(5,6)7/h11-15H,1H2,2-10H3. The molecule has 0 fully saturated rings. The van der Waals surface area contributed by atoms with E-state index >= 15 is 0 Å². The first-order valence-corrected chi connectivity index (χ1v) is 20.4. The lowest BCUT2D eigenvalue weighted by molar-refractivity contribution is 0.264. The Morgan fingerprint density at radius 3 is 1.46 bits per heavy atom. The lowest BCUT2D eigenvalue weighted by Gasteiger charge is -2.41. The molecule has 0 heterocycles. The topological polar surface area (TPSA) is 27.7 Å². The van der Waals surface area contributed by atoms with Crippen molar-refractivity contribution in [1.29, 1.82) is 0 Å². The van der Waals surface area contributed by atoms with E-state index in [0.717, 1.165) is 5.56 Å². The summed E-state index contributed by atoms with van der Waals surface area (Å²) in [6.45, 7) is 23.5. The summed E-state index contributed by atoms with van der Waals surface area (Å²) < 4.78 is 19.7. The summed E-state index contributed by atoms with van der Waals surface area (Å²) in [5.74, 6) is 0. The third kappa shape index (κ3) is 7.30. The van der Waals surface area contributed by atoms with Crippen molar-refractivity contribution >= 4 is 45.0 Å². The maximum Gasteiger partial charge on any atom is 0.466 e. The minimum atomic E-state index is -2.70. The van der Waals surface area contributed by atoms with Crippen LogP contribution in [0.15, 0.2) is 30.8 Å². The van der Waals surface area contributed by atoms with Crippen LogP contribution in [0.1, 0.15) is 5.56 Å². The molecule has 0 amide bonds. The van der Waals surface area contributed by atoms with Gasteiger partial charge in [-0.3, -0.25) is 0 Å². The van der Waals surface area contributed by atoms with Gasteiger partial charge in [-0.25, -0.2) is 0 Å². The summed E-state index contributed by atoms with van der Waals surface area (Å²) in [5, 5.41) is 1.25. The van der Waals surface area contributed by atoms with Gasteiger partial charge in [-0.1, -0.05) is 36.9 Å².